The molecule has 1 aliphatic carbocycles. The third-order valence-corrected chi connectivity index (χ3v) is 3.00. The van der Waals surface area contributed by atoms with Crippen LogP contribution in [-0.4, -0.2) is 31.8 Å². The number of benzene rings is 1. The lowest BCUT2D eigenvalue weighted by Gasteiger charge is -2.17. The van der Waals surface area contributed by atoms with E-state index in [1.807, 2.05) is 31.2 Å². The lowest BCUT2D eigenvalue weighted by molar-refractivity contribution is -0.144. The molecule has 4 nitrogen and oxygen atoms in total. The molecule has 1 N–H and O–H groups in total. The van der Waals surface area contributed by atoms with E-state index in [0.29, 0.717) is 12.6 Å². The van der Waals surface area contributed by atoms with E-state index in [0.717, 1.165) is 24.2 Å². The van der Waals surface area contributed by atoms with E-state index in [4.69, 9.17) is 9.47 Å². The molecule has 1 atom stereocenters. The zero-order valence-electron chi connectivity index (χ0n) is 10.8. The fraction of sp³-hybridized carbons (Fsp3) is 0.500. The first kappa shape index (κ1) is 12.9. The molecule has 2 rings (SSSR count). The lowest BCUT2D eigenvalue weighted by atomic mass is 10.2. The Kier molecular flexibility index (Phi) is 4.20. The van der Waals surface area contributed by atoms with Crippen LogP contribution in [0.15, 0.2) is 24.3 Å². The van der Waals surface area contributed by atoms with Crippen molar-refractivity contribution in [3.8, 4) is 5.75 Å². The van der Waals surface area contributed by atoms with Gasteiger partial charge in [-0.25, -0.2) is 0 Å². The first-order chi connectivity index (χ1) is 8.70. The van der Waals surface area contributed by atoms with Crippen LogP contribution in [0, 0.1) is 6.92 Å². The summed E-state index contributed by atoms with van der Waals surface area (Å²) < 4.78 is 10.5. The largest absolute Gasteiger partial charge is 0.491 e. The highest BCUT2D eigenvalue weighted by molar-refractivity contribution is 5.76. The molecule has 1 fully saturated rings. The van der Waals surface area contributed by atoms with Gasteiger partial charge in [0.25, 0.3) is 0 Å². The maximum absolute atomic E-state index is 11.6. The average Bonchev–Trinajstić information content (AvgIpc) is 3.19. The summed E-state index contributed by atoms with van der Waals surface area (Å²) in [4.78, 5) is 11.6. The molecule has 0 spiro atoms. The number of methoxy groups -OCH3 is 1. The molecule has 1 unspecified atom stereocenters. The van der Waals surface area contributed by atoms with Crippen molar-refractivity contribution < 1.29 is 14.3 Å². The Morgan fingerprint density at radius 1 is 1.44 bits per heavy atom. The number of aryl methyl sites for hydroxylation is 1. The van der Waals surface area contributed by atoms with Gasteiger partial charge in [0.2, 0.25) is 0 Å². The summed E-state index contributed by atoms with van der Waals surface area (Å²) in [6, 6.07) is 7.82. The molecule has 0 saturated heterocycles. The molecule has 0 heterocycles. The Bertz CT molecular complexity index is 415. The van der Waals surface area contributed by atoms with Gasteiger partial charge in [-0.2, -0.15) is 0 Å². The summed E-state index contributed by atoms with van der Waals surface area (Å²) in [5, 5.41) is 3.23. The Labute approximate surface area is 107 Å². The fourth-order valence-corrected chi connectivity index (χ4v) is 1.75. The Hall–Kier alpha value is -1.55. The molecule has 4 heteroatoms. The minimum atomic E-state index is -0.387. The van der Waals surface area contributed by atoms with Crippen LogP contribution in [0.4, 0.5) is 0 Å². The number of esters is 1. The molecule has 98 valence electrons. The number of rotatable bonds is 6. The van der Waals surface area contributed by atoms with Gasteiger partial charge < -0.3 is 9.47 Å². The van der Waals surface area contributed by atoms with Crippen molar-refractivity contribution in [2.75, 3.05) is 13.7 Å². The third kappa shape index (κ3) is 3.47. The van der Waals surface area contributed by atoms with Crippen LogP contribution in [0.2, 0.25) is 0 Å². The highest BCUT2D eigenvalue weighted by atomic mass is 16.5. The number of hydrogen-bond donors (Lipinski definition) is 1. The van der Waals surface area contributed by atoms with Gasteiger partial charge >= 0.3 is 5.97 Å². The predicted octanol–water partition coefficient (Wildman–Crippen LogP) is 1.67. The molecule has 0 aliphatic heterocycles. The quantitative estimate of drug-likeness (QED) is 0.779. The molecule has 18 heavy (non-hydrogen) atoms. The first-order valence-electron chi connectivity index (χ1n) is 6.23. The summed E-state index contributed by atoms with van der Waals surface area (Å²) in [5.74, 6) is 0.541. The monoisotopic (exact) mass is 249 g/mol. The van der Waals surface area contributed by atoms with Crippen molar-refractivity contribution in [3.05, 3.63) is 29.8 Å². The normalized spacial score (nSPS) is 16.1. The second kappa shape index (κ2) is 5.87. The smallest absolute Gasteiger partial charge is 0.326 e. The summed E-state index contributed by atoms with van der Waals surface area (Å²) >= 11 is 0. The summed E-state index contributed by atoms with van der Waals surface area (Å²) in [6.45, 7) is 2.28. The number of ether oxygens (including phenoxy) is 2. The van der Waals surface area contributed by atoms with Gasteiger partial charge in [-0.1, -0.05) is 18.2 Å². The van der Waals surface area contributed by atoms with Crippen molar-refractivity contribution in [1.82, 2.24) is 5.32 Å². The number of hydrogen-bond acceptors (Lipinski definition) is 4. The number of para-hydroxylation sites is 1. The second-order valence-electron chi connectivity index (χ2n) is 4.59. The van der Waals surface area contributed by atoms with Gasteiger partial charge in [-0.15, -0.1) is 0 Å². The molecule has 1 aliphatic rings. The van der Waals surface area contributed by atoms with Crippen LogP contribution in [0.25, 0.3) is 0 Å². The van der Waals surface area contributed by atoms with Crippen molar-refractivity contribution in [2.24, 2.45) is 0 Å². The maximum atomic E-state index is 11.6. The van der Waals surface area contributed by atoms with Gasteiger partial charge in [0.15, 0.2) is 0 Å². The third-order valence-electron chi connectivity index (χ3n) is 3.00. The summed E-state index contributed by atoms with van der Waals surface area (Å²) in [6.07, 6.45) is 2.25. The topological polar surface area (TPSA) is 47.6 Å². The van der Waals surface area contributed by atoms with Crippen LogP contribution in [-0.2, 0) is 9.53 Å². The average molecular weight is 249 g/mol. The Balaban J connectivity index is 1.92. The van der Waals surface area contributed by atoms with Crippen LogP contribution in [0.5, 0.6) is 5.75 Å². The van der Waals surface area contributed by atoms with Crippen molar-refractivity contribution in [3.63, 3.8) is 0 Å². The highest BCUT2D eigenvalue weighted by Gasteiger charge is 2.29. The standard InChI is InChI=1S/C14H19NO3/c1-10-5-3-4-6-13(10)18-9-12(14(16)17-2)15-11-7-8-11/h3-6,11-12,15H,7-9H2,1-2H3. The van der Waals surface area contributed by atoms with Crippen LogP contribution >= 0.6 is 0 Å². The van der Waals surface area contributed by atoms with Crippen molar-refractivity contribution >= 4 is 5.97 Å². The van der Waals surface area contributed by atoms with E-state index in [1.54, 1.807) is 0 Å². The van der Waals surface area contributed by atoms with E-state index in [-0.39, 0.29) is 12.0 Å². The van der Waals surface area contributed by atoms with Crippen molar-refractivity contribution in [1.29, 1.82) is 0 Å². The lowest BCUT2D eigenvalue weighted by Crippen LogP contribution is -2.43. The van der Waals surface area contributed by atoms with Gasteiger partial charge in [0.1, 0.15) is 18.4 Å². The molecule has 0 bridgehead atoms. The number of carbonyl (C=O) groups is 1. The molecular weight excluding hydrogens is 230 g/mol. The van der Waals surface area contributed by atoms with Gasteiger partial charge in [0, 0.05) is 6.04 Å². The van der Waals surface area contributed by atoms with Crippen molar-refractivity contribution in [2.45, 2.75) is 31.8 Å². The SMILES string of the molecule is COC(=O)C(COc1ccccc1C)NC1CC1. The Morgan fingerprint density at radius 3 is 2.78 bits per heavy atom. The minimum Gasteiger partial charge on any atom is -0.491 e. The van der Waals surface area contributed by atoms with Crippen LogP contribution in [0.1, 0.15) is 18.4 Å². The maximum Gasteiger partial charge on any atom is 0.326 e. The molecule has 1 aromatic rings. The molecule has 1 saturated carbocycles. The van der Waals surface area contributed by atoms with Gasteiger partial charge in [-0.05, 0) is 31.4 Å². The summed E-state index contributed by atoms with van der Waals surface area (Å²) in [7, 11) is 1.40. The van der Waals surface area contributed by atoms with E-state index in [2.05, 4.69) is 5.32 Å². The number of nitrogens with one attached hydrogen (secondary N) is 1. The van der Waals surface area contributed by atoms with E-state index in [9.17, 15) is 4.79 Å². The second-order valence-corrected chi connectivity index (χ2v) is 4.59. The zero-order valence-corrected chi connectivity index (χ0v) is 10.8. The van der Waals surface area contributed by atoms with Crippen LogP contribution < -0.4 is 10.1 Å². The molecular formula is C14H19NO3. The summed E-state index contributed by atoms with van der Waals surface area (Å²) in [5.41, 5.74) is 1.06. The molecule has 0 amide bonds. The van der Waals surface area contributed by atoms with E-state index >= 15 is 0 Å². The predicted molar refractivity (Wildman–Crippen MR) is 68.6 cm³/mol. The fourth-order valence-electron chi connectivity index (χ4n) is 1.75. The van der Waals surface area contributed by atoms with Crippen LogP contribution in [0.3, 0.4) is 0 Å². The van der Waals surface area contributed by atoms with E-state index in [1.165, 1.54) is 7.11 Å². The number of carbonyl (C=O) groups excluding carboxylic acids is 1. The van der Waals surface area contributed by atoms with Gasteiger partial charge in [-0.3, -0.25) is 10.1 Å². The Morgan fingerprint density at radius 2 is 2.17 bits per heavy atom. The zero-order chi connectivity index (χ0) is 13.0. The molecule has 0 radical (unpaired) electrons. The minimum absolute atomic E-state index is 0.268. The molecule has 1 aromatic carbocycles. The van der Waals surface area contributed by atoms with E-state index < -0.39 is 0 Å². The van der Waals surface area contributed by atoms with Gasteiger partial charge in [0.05, 0.1) is 7.11 Å². The molecule has 0 aromatic heterocycles. The first-order valence-corrected chi connectivity index (χ1v) is 6.23. The highest BCUT2D eigenvalue weighted by Crippen LogP contribution is 2.20.